The molecule has 3 nitrogen and oxygen atoms in total. The number of nitrogens with zero attached hydrogens (tertiary/aromatic N) is 3. The minimum atomic E-state index is 0.396. The Morgan fingerprint density at radius 1 is 1.22 bits per heavy atom. The van der Waals surface area contributed by atoms with Crippen LogP contribution in [0.1, 0.15) is 31.3 Å². The molecule has 1 aromatic carbocycles. The van der Waals surface area contributed by atoms with E-state index in [1.54, 1.807) is 11.8 Å². The summed E-state index contributed by atoms with van der Waals surface area (Å²) < 4.78 is 3.28. The maximum Gasteiger partial charge on any atom is 0.191 e. The van der Waals surface area contributed by atoms with Crippen LogP contribution < -0.4 is 0 Å². The number of halogens is 1. The van der Waals surface area contributed by atoms with Crippen molar-refractivity contribution in [3.8, 4) is 0 Å². The summed E-state index contributed by atoms with van der Waals surface area (Å²) in [4.78, 5) is 0. The van der Waals surface area contributed by atoms with Crippen LogP contribution in [0.3, 0.4) is 0 Å². The van der Waals surface area contributed by atoms with E-state index < -0.39 is 0 Å². The lowest BCUT2D eigenvalue weighted by molar-refractivity contribution is 0.536. The predicted molar refractivity (Wildman–Crippen MR) is 78.8 cm³/mol. The Bertz CT molecular complexity index is 520. The number of hydrogen-bond acceptors (Lipinski definition) is 3. The maximum atomic E-state index is 4.24. The van der Waals surface area contributed by atoms with Gasteiger partial charge in [-0.25, -0.2) is 0 Å². The fourth-order valence-electron chi connectivity index (χ4n) is 1.77. The Hall–Kier alpha value is -0.810. The molecule has 1 heterocycles. The van der Waals surface area contributed by atoms with Crippen LogP contribution >= 0.6 is 27.7 Å². The number of thioether (sulfide) groups is 1. The Balaban J connectivity index is 2.08. The fraction of sp³-hybridized carbons (Fsp3) is 0.385. The van der Waals surface area contributed by atoms with E-state index in [2.05, 4.69) is 68.8 Å². The van der Waals surface area contributed by atoms with Gasteiger partial charge in [-0.05, 0) is 38.5 Å². The SMILES string of the molecule is Cc1nnc(SCc2ccc(Br)cc2)n1C(C)C. The molecule has 0 bridgehead atoms. The summed E-state index contributed by atoms with van der Waals surface area (Å²) in [6, 6.07) is 8.77. The van der Waals surface area contributed by atoms with Gasteiger partial charge in [0.05, 0.1) is 0 Å². The van der Waals surface area contributed by atoms with Crippen molar-refractivity contribution < 1.29 is 0 Å². The van der Waals surface area contributed by atoms with Crippen molar-refractivity contribution in [2.45, 2.75) is 37.7 Å². The van der Waals surface area contributed by atoms with Gasteiger partial charge in [-0.1, -0.05) is 39.8 Å². The fourth-order valence-corrected chi connectivity index (χ4v) is 3.10. The van der Waals surface area contributed by atoms with Crippen LogP contribution in [-0.4, -0.2) is 14.8 Å². The molecule has 0 aliphatic rings. The van der Waals surface area contributed by atoms with Gasteiger partial charge in [-0.2, -0.15) is 0 Å². The largest absolute Gasteiger partial charge is 0.304 e. The highest BCUT2D eigenvalue weighted by Crippen LogP contribution is 2.25. The van der Waals surface area contributed by atoms with Crippen LogP contribution in [0.5, 0.6) is 0 Å². The minimum absolute atomic E-state index is 0.396. The first-order valence-electron chi connectivity index (χ1n) is 5.86. The summed E-state index contributed by atoms with van der Waals surface area (Å²) in [5.74, 6) is 1.89. The standard InChI is InChI=1S/C13H16BrN3S/c1-9(2)17-10(3)15-16-13(17)18-8-11-4-6-12(14)7-5-11/h4-7,9H,8H2,1-3H3. The molecule has 0 saturated heterocycles. The lowest BCUT2D eigenvalue weighted by Gasteiger charge is -2.11. The Labute approximate surface area is 120 Å². The average Bonchev–Trinajstić information content (AvgIpc) is 2.70. The molecule has 0 aliphatic carbocycles. The predicted octanol–water partition coefficient (Wildman–Crippen LogP) is 4.22. The van der Waals surface area contributed by atoms with E-state index in [9.17, 15) is 0 Å². The van der Waals surface area contributed by atoms with Gasteiger partial charge in [0.1, 0.15) is 5.82 Å². The van der Waals surface area contributed by atoms with Gasteiger partial charge in [0.2, 0.25) is 0 Å². The lowest BCUT2D eigenvalue weighted by Crippen LogP contribution is -2.04. The topological polar surface area (TPSA) is 30.7 Å². The van der Waals surface area contributed by atoms with Crippen molar-refractivity contribution in [1.29, 1.82) is 0 Å². The van der Waals surface area contributed by atoms with Crippen LogP contribution in [0, 0.1) is 6.92 Å². The molecule has 1 aromatic heterocycles. The average molecular weight is 326 g/mol. The third-order valence-corrected chi connectivity index (χ3v) is 4.18. The molecule has 0 saturated carbocycles. The minimum Gasteiger partial charge on any atom is -0.304 e. The van der Waals surface area contributed by atoms with Gasteiger partial charge in [0.15, 0.2) is 5.16 Å². The van der Waals surface area contributed by atoms with Crippen molar-refractivity contribution in [3.05, 3.63) is 40.1 Å². The van der Waals surface area contributed by atoms with Crippen molar-refractivity contribution in [2.24, 2.45) is 0 Å². The smallest absolute Gasteiger partial charge is 0.191 e. The molecule has 2 aromatic rings. The van der Waals surface area contributed by atoms with Crippen LogP contribution in [0.15, 0.2) is 33.9 Å². The Morgan fingerprint density at radius 3 is 2.50 bits per heavy atom. The van der Waals surface area contributed by atoms with Crippen molar-refractivity contribution >= 4 is 27.7 Å². The van der Waals surface area contributed by atoms with Gasteiger partial charge < -0.3 is 4.57 Å². The second-order valence-corrected chi connectivity index (χ2v) is 6.27. The van der Waals surface area contributed by atoms with Crippen LogP contribution in [0.4, 0.5) is 0 Å². The van der Waals surface area contributed by atoms with E-state index in [0.717, 1.165) is 21.2 Å². The Kier molecular flexibility index (Phi) is 4.45. The second kappa shape index (κ2) is 5.89. The zero-order chi connectivity index (χ0) is 13.1. The lowest BCUT2D eigenvalue weighted by atomic mass is 10.2. The first kappa shape index (κ1) is 13.6. The van der Waals surface area contributed by atoms with Crippen LogP contribution in [-0.2, 0) is 5.75 Å². The van der Waals surface area contributed by atoms with E-state index in [-0.39, 0.29) is 0 Å². The zero-order valence-electron chi connectivity index (χ0n) is 10.7. The van der Waals surface area contributed by atoms with Crippen molar-refractivity contribution in [3.63, 3.8) is 0 Å². The highest BCUT2D eigenvalue weighted by Gasteiger charge is 2.11. The van der Waals surface area contributed by atoms with Crippen molar-refractivity contribution in [2.75, 3.05) is 0 Å². The van der Waals surface area contributed by atoms with Gasteiger partial charge in [0, 0.05) is 16.3 Å². The van der Waals surface area contributed by atoms with E-state index in [1.165, 1.54) is 5.56 Å². The first-order valence-corrected chi connectivity index (χ1v) is 7.64. The molecule has 96 valence electrons. The zero-order valence-corrected chi connectivity index (χ0v) is 13.1. The number of rotatable bonds is 4. The summed E-state index contributed by atoms with van der Waals surface area (Å²) in [5.41, 5.74) is 1.29. The molecule has 0 N–H and O–H groups in total. The van der Waals surface area contributed by atoms with E-state index >= 15 is 0 Å². The van der Waals surface area contributed by atoms with Crippen LogP contribution in [0.25, 0.3) is 0 Å². The van der Waals surface area contributed by atoms with Crippen molar-refractivity contribution in [1.82, 2.24) is 14.8 Å². The molecule has 0 radical (unpaired) electrons. The molecule has 0 unspecified atom stereocenters. The molecule has 5 heteroatoms. The second-order valence-electron chi connectivity index (χ2n) is 4.41. The summed E-state index contributed by atoms with van der Waals surface area (Å²) in [6.07, 6.45) is 0. The third kappa shape index (κ3) is 3.14. The van der Waals surface area contributed by atoms with Gasteiger partial charge in [-0.3, -0.25) is 0 Å². The summed E-state index contributed by atoms with van der Waals surface area (Å²) in [7, 11) is 0. The third-order valence-electron chi connectivity index (χ3n) is 2.63. The normalized spacial score (nSPS) is 11.2. The monoisotopic (exact) mass is 325 g/mol. The summed E-state index contributed by atoms with van der Waals surface area (Å²) >= 11 is 5.17. The molecule has 0 spiro atoms. The molecule has 0 amide bonds. The molecular weight excluding hydrogens is 310 g/mol. The van der Waals surface area contributed by atoms with Crippen LogP contribution in [0.2, 0.25) is 0 Å². The quantitative estimate of drug-likeness (QED) is 0.788. The number of benzene rings is 1. The summed E-state index contributed by atoms with van der Waals surface area (Å²) in [5, 5.41) is 9.38. The Morgan fingerprint density at radius 2 is 1.89 bits per heavy atom. The molecular formula is C13H16BrN3S. The molecule has 0 fully saturated rings. The van der Waals surface area contributed by atoms with E-state index in [4.69, 9.17) is 0 Å². The van der Waals surface area contributed by atoms with Gasteiger partial charge >= 0.3 is 0 Å². The number of hydrogen-bond donors (Lipinski definition) is 0. The molecule has 0 atom stereocenters. The first-order chi connectivity index (χ1) is 8.58. The van der Waals surface area contributed by atoms with E-state index in [1.807, 2.05) is 6.92 Å². The highest BCUT2D eigenvalue weighted by molar-refractivity contribution is 9.10. The molecule has 0 aliphatic heterocycles. The number of aryl methyl sites for hydroxylation is 1. The highest BCUT2D eigenvalue weighted by atomic mass is 79.9. The molecule has 2 rings (SSSR count). The number of aromatic nitrogens is 3. The maximum absolute atomic E-state index is 4.24. The van der Waals surface area contributed by atoms with Gasteiger partial charge in [0.25, 0.3) is 0 Å². The summed E-state index contributed by atoms with van der Waals surface area (Å²) in [6.45, 7) is 6.30. The molecule has 18 heavy (non-hydrogen) atoms. The van der Waals surface area contributed by atoms with E-state index in [0.29, 0.717) is 6.04 Å². The van der Waals surface area contributed by atoms with Gasteiger partial charge in [-0.15, -0.1) is 10.2 Å².